The van der Waals surface area contributed by atoms with Crippen molar-refractivity contribution >= 4 is 11.9 Å². The Kier molecular flexibility index (Phi) is 4.59. The number of anilines is 1. The zero-order valence-electron chi connectivity index (χ0n) is 14.5. The molecule has 1 amide bonds. The molecule has 0 radical (unpaired) electrons. The summed E-state index contributed by atoms with van der Waals surface area (Å²) in [6.45, 7) is 0. The summed E-state index contributed by atoms with van der Waals surface area (Å²) in [6, 6.07) is 11.6. The van der Waals surface area contributed by atoms with E-state index < -0.39 is 17.8 Å². The Labute approximate surface area is 161 Å². The van der Waals surface area contributed by atoms with E-state index >= 15 is 0 Å². The molecule has 4 aromatic rings. The molecule has 0 aliphatic carbocycles. The third-order valence-corrected chi connectivity index (χ3v) is 3.89. The fourth-order valence-corrected chi connectivity index (χ4v) is 2.52. The van der Waals surface area contributed by atoms with E-state index in [-0.39, 0.29) is 17.5 Å². The van der Waals surface area contributed by atoms with Crippen LogP contribution < -0.4 is 5.32 Å². The third-order valence-electron chi connectivity index (χ3n) is 3.89. The quantitative estimate of drug-likeness (QED) is 0.535. The second kappa shape index (κ2) is 7.23. The Morgan fingerprint density at radius 3 is 2.55 bits per heavy atom. The summed E-state index contributed by atoms with van der Waals surface area (Å²) in [5, 5.41) is 9.96. The van der Waals surface area contributed by atoms with Gasteiger partial charge in [-0.05, 0) is 35.9 Å². The fourth-order valence-electron chi connectivity index (χ4n) is 2.52. The van der Waals surface area contributed by atoms with E-state index in [1.54, 1.807) is 30.3 Å². The van der Waals surface area contributed by atoms with Gasteiger partial charge in [0.25, 0.3) is 11.8 Å². The Morgan fingerprint density at radius 2 is 1.86 bits per heavy atom. The average molecular weight is 400 g/mol. The van der Waals surface area contributed by atoms with Crippen molar-refractivity contribution in [1.82, 2.24) is 15.2 Å². The summed E-state index contributed by atoms with van der Waals surface area (Å²) in [5.41, 5.74) is 0.227. The van der Waals surface area contributed by atoms with Gasteiger partial charge in [-0.25, -0.2) is 0 Å². The normalized spacial score (nSPS) is 11.4. The summed E-state index contributed by atoms with van der Waals surface area (Å²) < 4.78 is 48.4. The second-order valence-corrected chi connectivity index (χ2v) is 5.85. The highest BCUT2D eigenvalue weighted by molar-refractivity contribution is 6.03. The van der Waals surface area contributed by atoms with Gasteiger partial charge < -0.3 is 8.83 Å². The lowest BCUT2D eigenvalue weighted by Gasteiger charge is -2.08. The van der Waals surface area contributed by atoms with Gasteiger partial charge in [-0.1, -0.05) is 23.3 Å². The van der Waals surface area contributed by atoms with Crippen LogP contribution in [0.2, 0.25) is 0 Å². The van der Waals surface area contributed by atoms with E-state index in [0.29, 0.717) is 16.9 Å². The lowest BCUT2D eigenvalue weighted by molar-refractivity contribution is -0.141. The average Bonchev–Trinajstić information content (AvgIpc) is 3.39. The number of carbonyl (C=O) groups excluding carboxylic acids is 1. The van der Waals surface area contributed by atoms with Crippen molar-refractivity contribution in [1.29, 1.82) is 0 Å². The van der Waals surface area contributed by atoms with Gasteiger partial charge in [-0.3, -0.25) is 15.1 Å². The van der Waals surface area contributed by atoms with Crippen LogP contribution >= 0.6 is 0 Å². The van der Waals surface area contributed by atoms with E-state index in [1.807, 2.05) is 0 Å². The molecule has 3 aromatic heterocycles. The van der Waals surface area contributed by atoms with Crippen molar-refractivity contribution in [2.24, 2.45) is 0 Å². The smallest absolute Gasteiger partial charge is 0.433 e. The molecule has 146 valence electrons. The number of rotatable bonds is 4. The highest BCUT2D eigenvalue weighted by Gasteiger charge is 2.32. The second-order valence-electron chi connectivity index (χ2n) is 5.85. The lowest BCUT2D eigenvalue weighted by atomic mass is 10.0. The maximum atomic E-state index is 12.6. The minimum absolute atomic E-state index is 0.106. The number of alkyl halides is 3. The molecule has 0 spiro atoms. The van der Waals surface area contributed by atoms with Crippen LogP contribution in [-0.2, 0) is 6.18 Å². The number of carbonyl (C=O) groups is 1. The summed E-state index contributed by atoms with van der Waals surface area (Å²) in [5.74, 6) is -0.0638. The number of hydrogen-bond acceptors (Lipinski definition) is 6. The number of nitrogens with one attached hydrogen (secondary N) is 1. The standard InChI is InChI=1S/C19H11F3N4O3/c20-19(21,22)15-7-6-13(10-23-15)11-3-1-4-12(9-11)16(27)24-18-26-25-17(29-18)14-5-2-8-28-14/h1-10H,(H,24,26,27). The Hall–Kier alpha value is -3.95. The number of aromatic nitrogens is 3. The first-order chi connectivity index (χ1) is 13.9. The SMILES string of the molecule is O=C(Nc1nnc(-c2ccco2)o1)c1cccc(-c2ccc(C(F)(F)F)nc2)c1. The number of nitrogens with zero attached hydrogens (tertiary/aromatic N) is 3. The minimum Gasteiger partial charge on any atom is -0.459 e. The van der Waals surface area contributed by atoms with Gasteiger partial charge in [0.1, 0.15) is 5.69 Å². The van der Waals surface area contributed by atoms with Gasteiger partial charge >= 0.3 is 12.2 Å². The number of benzene rings is 1. The van der Waals surface area contributed by atoms with Crippen molar-refractivity contribution in [3.8, 4) is 22.8 Å². The van der Waals surface area contributed by atoms with E-state index in [9.17, 15) is 18.0 Å². The van der Waals surface area contributed by atoms with Crippen LogP contribution in [0.5, 0.6) is 0 Å². The highest BCUT2D eigenvalue weighted by atomic mass is 19.4. The number of pyridine rings is 1. The summed E-state index contributed by atoms with van der Waals surface area (Å²) in [6.07, 6.45) is -1.97. The van der Waals surface area contributed by atoms with Crippen LogP contribution in [0.4, 0.5) is 19.2 Å². The monoisotopic (exact) mass is 400 g/mol. The molecule has 0 saturated carbocycles. The zero-order valence-corrected chi connectivity index (χ0v) is 14.5. The highest BCUT2D eigenvalue weighted by Crippen LogP contribution is 2.29. The predicted octanol–water partition coefficient (Wildman–Crippen LogP) is 4.66. The van der Waals surface area contributed by atoms with E-state index in [4.69, 9.17) is 8.83 Å². The number of halogens is 3. The van der Waals surface area contributed by atoms with Gasteiger partial charge in [0.05, 0.1) is 6.26 Å². The molecule has 1 aromatic carbocycles. The molecule has 7 nitrogen and oxygen atoms in total. The number of furan rings is 1. The first kappa shape index (κ1) is 18.4. The van der Waals surface area contributed by atoms with E-state index in [2.05, 4.69) is 20.5 Å². The molecule has 1 N–H and O–H groups in total. The van der Waals surface area contributed by atoms with E-state index in [1.165, 1.54) is 18.4 Å². The summed E-state index contributed by atoms with van der Waals surface area (Å²) >= 11 is 0. The van der Waals surface area contributed by atoms with Crippen molar-refractivity contribution in [2.45, 2.75) is 6.18 Å². The van der Waals surface area contributed by atoms with Gasteiger partial charge in [0.2, 0.25) is 0 Å². The molecular weight excluding hydrogens is 389 g/mol. The van der Waals surface area contributed by atoms with Crippen LogP contribution in [0.3, 0.4) is 0 Å². The zero-order chi connectivity index (χ0) is 20.4. The molecule has 10 heteroatoms. The molecule has 0 aliphatic rings. The summed E-state index contributed by atoms with van der Waals surface area (Å²) in [7, 11) is 0. The van der Waals surface area contributed by atoms with Crippen LogP contribution in [0.15, 0.2) is 69.8 Å². The molecule has 0 bridgehead atoms. The molecule has 0 atom stereocenters. The maximum absolute atomic E-state index is 12.6. The topological polar surface area (TPSA) is 94.1 Å². The summed E-state index contributed by atoms with van der Waals surface area (Å²) in [4.78, 5) is 15.9. The number of hydrogen-bond donors (Lipinski definition) is 1. The van der Waals surface area contributed by atoms with Crippen molar-refractivity contribution < 1.29 is 26.8 Å². The lowest BCUT2D eigenvalue weighted by Crippen LogP contribution is -2.12. The molecule has 0 saturated heterocycles. The minimum atomic E-state index is -4.52. The van der Waals surface area contributed by atoms with Crippen LogP contribution in [0.1, 0.15) is 16.1 Å². The van der Waals surface area contributed by atoms with Crippen LogP contribution in [0, 0.1) is 0 Å². The molecule has 0 unspecified atom stereocenters. The third kappa shape index (κ3) is 4.00. The van der Waals surface area contributed by atoms with Gasteiger partial charge in [0, 0.05) is 17.3 Å². The van der Waals surface area contributed by atoms with Gasteiger partial charge in [-0.2, -0.15) is 13.2 Å². The molecule has 0 fully saturated rings. The largest absolute Gasteiger partial charge is 0.459 e. The van der Waals surface area contributed by atoms with Gasteiger partial charge in [0.15, 0.2) is 5.76 Å². The van der Waals surface area contributed by atoms with Crippen LogP contribution in [0.25, 0.3) is 22.8 Å². The Bertz CT molecular complexity index is 1140. The predicted molar refractivity (Wildman–Crippen MR) is 94.6 cm³/mol. The molecular formula is C19H11F3N4O3. The van der Waals surface area contributed by atoms with E-state index in [0.717, 1.165) is 12.3 Å². The molecule has 0 aliphatic heterocycles. The molecule has 4 rings (SSSR count). The first-order valence-electron chi connectivity index (χ1n) is 8.22. The van der Waals surface area contributed by atoms with Crippen molar-refractivity contribution in [3.63, 3.8) is 0 Å². The van der Waals surface area contributed by atoms with Gasteiger partial charge in [-0.15, -0.1) is 5.10 Å². The Balaban J connectivity index is 1.52. The number of amides is 1. The molecule has 29 heavy (non-hydrogen) atoms. The fraction of sp³-hybridized carbons (Fsp3) is 0.0526. The van der Waals surface area contributed by atoms with Crippen LogP contribution in [-0.4, -0.2) is 21.1 Å². The molecule has 3 heterocycles. The van der Waals surface area contributed by atoms with Crippen molar-refractivity contribution in [3.05, 3.63) is 72.2 Å². The first-order valence-corrected chi connectivity index (χ1v) is 8.22. The van der Waals surface area contributed by atoms with Crippen molar-refractivity contribution in [2.75, 3.05) is 5.32 Å². The maximum Gasteiger partial charge on any atom is 0.433 e. The Morgan fingerprint density at radius 1 is 1.00 bits per heavy atom.